The quantitative estimate of drug-likeness (QED) is 0.698. The molecule has 4 heterocycles. The summed E-state index contributed by atoms with van der Waals surface area (Å²) >= 11 is 0. The molecule has 2 aliphatic rings. The maximum Gasteiger partial charge on any atom is 0.275 e. The molecule has 8 nitrogen and oxygen atoms in total. The predicted octanol–water partition coefficient (Wildman–Crippen LogP) is 2.57. The normalized spacial score (nSPS) is 17.2. The molecule has 8 heteroatoms. The highest BCUT2D eigenvalue weighted by Crippen LogP contribution is 2.32. The highest BCUT2D eigenvalue weighted by Gasteiger charge is 2.20. The Morgan fingerprint density at radius 3 is 2.42 bits per heavy atom. The van der Waals surface area contributed by atoms with Crippen LogP contribution in [-0.4, -0.2) is 67.9 Å². The number of nitrogens with one attached hydrogen (secondary N) is 1. The first-order chi connectivity index (χ1) is 15.2. The van der Waals surface area contributed by atoms with E-state index in [-0.39, 0.29) is 5.91 Å². The number of ether oxygens (including phenoxy) is 2. The fraction of sp³-hybridized carbons (Fsp3) is 0.391. The van der Waals surface area contributed by atoms with E-state index in [1.165, 1.54) is 0 Å². The molecule has 0 radical (unpaired) electrons. The van der Waals surface area contributed by atoms with Crippen molar-refractivity contribution < 1.29 is 14.3 Å². The number of fused-ring (bicyclic) bond motifs is 1. The zero-order valence-corrected chi connectivity index (χ0v) is 17.7. The molecule has 2 saturated heterocycles. The smallest absolute Gasteiger partial charge is 0.275 e. The fourth-order valence-corrected chi connectivity index (χ4v) is 4.09. The minimum Gasteiger partial charge on any atom is -0.378 e. The number of imidazole rings is 1. The molecule has 0 atom stereocenters. The number of anilines is 3. The van der Waals surface area contributed by atoms with Gasteiger partial charge in [-0.2, -0.15) is 0 Å². The van der Waals surface area contributed by atoms with Crippen LogP contribution in [0.2, 0.25) is 0 Å². The summed E-state index contributed by atoms with van der Waals surface area (Å²) < 4.78 is 12.9. The number of rotatable bonds is 4. The van der Waals surface area contributed by atoms with Crippen molar-refractivity contribution in [3.05, 3.63) is 54.0 Å². The third-order valence-electron chi connectivity index (χ3n) is 5.81. The monoisotopic (exact) mass is 421 g/mol. The van der Waals surface area contributed by atoms with Crippen molar-refractivity contribution in [1.29, 1.82) is 0 Å². The maximum atomic E-state index is 13.0. The molecule has 1 aromatic carbocycles. The van der Waals surface area contributed by atoms with E-state index >= 15 is 0 Å². The number of benzene rings is 1. The van der Waals surface area contributed by atoms with Crippen LogP contribution >= 0.6 is 0 Å². The van der Waals surface area contributed by atoms with Crippen LogP contribution in [-0.2, 0) is 9.47 Å². The van der Waals surface area contributed by atoms with Crippen molar-refractivity contribution in [1.82, 2.24) is 9.38 Å². The minimum atomic E-state index is -0.213. The molecule has 2 aliphatic heterocycles. The number of amides is 1. The summed E-state index contributed by atoms with van der Waals surface area (Å²) in [6, 6.07) is 10.2. The van der Waals surface area contributed by atoms with E-state index in [4.69, 9.17) is 9.47 Å². The van der Waals surface area contributed by atoms with Crippen molar-refractivity contribution in [3.63, 3.8) is 0 Å². The zero-order valence-electron chi connectivity index (χ0n) is 17.7. The van der Waals surface area contributed by atoms with Crippen LogP contribution in [0.1, 0.15) is 16.1 Å². The molecule has 2 aromatic heterocycles. The van der Waals surface area contributed by atoms with Crippen LogP contribution in [0.4, 0.5) is 17.1 Å². The van der Waals surface area contributed by atoms with Gasteiger partial charge in [0.1, 0.15) is 11.3 Å². The number of morpholine rings is 2. The number of pyridine rings is 1. The van der Waals surface area contributed by atoms with Gasteiger partial charge in [0, 0.05) is 44.3 Å². The lowest BCUT2D eigenvalue weighted by Crippen LogP contribution is -2.38. The van der Waals surface area contributed by atoms with Gasteiger partial charge in [0.15, 0.2) is 0 Å². The SMILES string of the molecule is Cc1ccn2cc(C(=O)Nc3ccc(N4CCOCC4)cc3N3CCOCC3)nc2c1. The highest BCUT2D eigenvalue weighted by atomic mass is 16.5. The molecule has 0 spiro atoms. The Morgan fingerprint density at radius 1 is 0.968 bits per heavy atom. The third kappa shape index (κ3) is 4.22. The first-order valence-electron chi connectivity index (χ1n) is 10.7. The first kappa shape index (κ1) is 19.8. The Bertz CT molecular complexity index is 1080. The fourth-order valence-electron chi connectivity index (χ4n) is 4.09. The topological polar surface area (TPSA) is 71.3 Å². The van der Waals surface area contributed by atoms with Crippen LogP contribution in [0.3, 0.4) is 0 Å². The van der Waals surface area contributed by atoms with Crippen LogP contribution in [0, 0.1) is 6.92 Å². The van der Waals surface area contributed by atoms with Gasteiger partial charge in [-0.3, -0.25) is 4.79 Å². The minimum absolute atomic E-state index is 0.213. The van der Waals surface area contributed by atoms with Gasteiger partial charge in [0.05, 0.1) is 37.8 Å². The molecule has 0 saturated carbocycles. The molecule has 3 aromatic rings. The number of hydrogen-bond acceptors (Lipinski definition) is 6. The maximum absolute atomic E-state index is 13.0. The van der Waals surface area contributed by atoms with Crippen molar-refractivity contribution in [2.24, 2.45) is 0 Å². The zero-order chi connectivity index (χ0) is 21.2. The average Bonchev–Trinajstić information content (AvgIpc) is 3.24. The van der Waals surface area contributed by atoms with Crippen molar-refractivity contribution in [3.8, 4) is 0 Å². The predicted molar refractivity (Wildman–Crippen MR) is 120 cm³/mol. The van der Waals surface area contributed by atoms with E-state index < -0.39 is 0 Å². The summed E-state index contributed by atoms with van der Waals surface area (Å²) in [7, 11) is 0. The lowest BCUT2D eigenvalue weighted by molar-refractivity contribution is 0.102. The largest absolute Gasteiger partial charge is 0.378 e. The van der Waals surface area contributed by atoms with Crippen LogP contribution in [0.15, 0.2) is 42.7 Å². The molecule has 5 rings (SSSR count). The van der Waals surface area contributed by atoms with E-state index in [1.807, 2.05) is 35.7 Å². The molecule has 1 N–H and O–H groups in total. The summed E-state index contributed by atoms with van der Waals surface area (Å²) in [5.41, 5.74) is 5.22. The second-order valence-corrected chi connectivity index (χ2v) is 7.95. The van der Waals surface area contributed by atoms with Gasteiger partial charge >= 0.3 is 0 Å². The van der Waals surface area contributed by atoms with E-state index in [9.17, 15) is 4.79 Å². The highest BCUT2D eigenvalue weighted by molar-refractivity contribution is 6.05. The Labute approximate surface area is 181 Å². The number of carbonyl (C=O) groups excluding carboxylic acids is 1. The van der Waals surface area contributed by atoms with Crippen molar-refractivity contribution in [2.45, 2.75) is 6.92 Å². The van der Waals surface area contributed by atoms with Gasteiger partial charge in [-0.15, -0.1) is 0 Å². The number of aromatic nitrogens is 2. The van der Waals surface area contributed by atoms with Crippen LogP contribution < -0.4 is 15.1 Å². The average molecular weight is 422 g/mol. The van der Waals surface area contributed by atoms with Gasteiger partial charge in [0.25, 0.3) is 5.91 Å². The summed E-state index contributed by atoms with van der Waals surface area (Å²) in [5.74, 6) is -0.213. The lowest BCUT2D eigenvalue weighted by atomic mass is 10.1. The Kier molecular flexibility index (Phi) is 5.48. The summed E-state index contributed by atoms with van der Waals surface area (Å²) in [4.78, 5) is 22.1. The molecule has 0 bridgehead atoms. The standard InChI is InChI=1S/C23H27N5O3/c1-17-4-5-28-16-20(24-22(28)14-17)23(29)25-19-3-2-18(26-6-10-30-11-7-26)15-21(19)27-8-12-31-13-9-27/h2-5,14-16H,6-13H2,1H3,(H,25,29). The van der Waals surface area contributed by atoms with Crippen LogP contribution in [0.5, 0.6) is 0 Å². The number of carbonyl (C=O) groups is 1. The van der Waals surface area contributed by atoms with Gasteiger partial charge in [0.2, 0.25) is 0 Å². The summed E-state index contributed by atoms with van der Waals surface area (Å²) in [6.45, 7) is 8.18. The molecule has 31 heavy (non-hydrogen) atoms. The molecular formula is C23H27N5O3. The molecule has 0 aliphatic carbocycles. The van der Waals surface area contributed by atoms with E-state index in [0.29, 0.717) is 18.9 Å². The molecular weight excluding hydrogens is 394 g/mol. The van der Waals surface area contributed by atoms with Crippen molar-refractivity contribution >= 4 is 28.6 Å². The van der Waals surface area contributed by atoms with E-state index in [1.54, 1.807) is 6.20 Å². The Hall–Kier alpha value is -3.10. The Balaban J connectivity index is 1.44. The van der Waals surface area contributed by atoms with Gasteiger partial charge < -0.3 is 29.0 Å². The molecule has 0 unspecified atom stereocenters. The second-order valence-electron chi connectivity index (χ2n) is 7.95. The molecule has 1 amide bonds. The Morgan fingerprint density at radius 2 is 1.68 bits per heavy atom. The van der Waals surface area contributed by atoms with Crippen LogP contribution in [0.25, 0.3) is 5.65 Å². The molecule has 162 valence electrons. The lowest BCUT2D eigenvalue weighted by Gasteiger charge is -2.33. The van der Waals surface area contributed by atoms with Gasteiger partial charge in [-0.05, 0) is 42.8 Å². The van der Waals surface area contributed by atoms with Crippen molar-refractivity contribution in [2.75, 3.05) is 67.7 Å². The van der Waals surface area contributed by atoms with Gasteiger partial charge in [-0.25, -0.2) is 4.98 Å². The summed E-state index contributed by atoms with van der Waals surface area (Å²) in [6.07, 6.45) is 3.69. The van der Waals surface area contributed by atoms with E-state index in [0.717, 1.165) is 67.7 Å². The van der Waals surface area contributed by atoms with E-state index in [2.05, 4.69) is 32.2 Å². The third-order valence-corrected chi connectivity index (χ3v) is 5.81. The summed E-state index contributed by atoms with van der Waals surface area (Å²) in [5, 5.41) is 3.09. The number of nitrogens with zero attached hydrogens (tertiary/aromatic N) is 4. The molecule has 2 fully saturated rings. The number of hydrogen-bond donors (Lipinski definition) is 1. The second kappa shape index (κ2) is 8.56. The first-order valence-corrected chi connectivity index (χ1v) is 10.7. The van der Waals surface area contributed by atoms with Gasteiger partial charge in [-0.1, -0.05) is 0 Å². The number of aryl methyl sites for hydroxylation is 1.